The summed E-state index contributed by atoms with van der Waals surface area (Å²) in [7, 11) is 0. The van der Waals surface area contributed by atoms with Gasteiger partial charge in [0.05, 0.1) is 5.56 Å². The third-order valence-corrected chi connectivity index (χ3v) is 4.41. The van der Waals surface area contributed by atoms with E-state index in [0.717, 1.165) is 31.5 Å². The molecule has 0 spiro atoms. The molecule has 3 rings (SSSR count). The van der Waals surface area contributed by atoms with E-state index in [0.29, 0.717) is 30.7 Å². The Balaban J connectivity index is 1.59. The molecule has 0 bridgehead atoms. The van der Waals surface area contributed by atoms with Crippen LogP contribution in [0.4, 0.5) is 23.7 Å². The number of carbonyl (C=O) groups is 1. The molecule has 2 fully saturated rings. The molecule has 1 aromatic carbocycles. The number of carbonyl (C=O) groups excluding carboxylic acids is 1. The summed E-state index contributed by atoms with van der Waals surface area (Å²) in [6.45, 7) is 2.36. The predicted octanol–water partition coefficient (Wildman–Crippen LogP) is 2.92. The molecule has 120 valence electrons. The number of hydrogen-bond donors (Lipinski definition) is 2. The number of nitrogens with one attached hydrogen (secondary N) is 2. The minimum Gasteiger partial charge on any atom is -0.324 e. The van der Waals surface area contributed by atoms with E-state index in [1.807, 2.05) is 0 Å². The van der Waals surface area contributed by atoms with Crippen molar-refractivity contribution in [3.05, 3.63) is 29.8 Å². The average molecular weight is 313 g/mol. The molecule has 2 saturated heterocycles. The van der Waals surface area contributed by atoms with Crippen LogP contribution in [-0.2, 0) is 6.18 Å². The molecule has 22 heavy (non-hydrogen) atoms. The first-order valence-corrected chi connectivity index (χ1v) is 7.40. The second kappa shape index (κ2) is 5.79. The Hall–Kier alpha value is -1.76. The summed E-state index contributed by atoms with van der Waals surface area (Å²) in [6, 6.07) is 4.76. The van der Waals surface area contributed by atoms with Crippen LogP contribution in [0.25, 0.3) is 0 Å². The van der Waals surface area contributed by atoms with Gasteiger partial charge >= 0.3 is 12.2 Å². The van der Waals surface area contributed by atoms with Gasteiger partial charge in [-0.15, -0.1) is 0 Å². The summed E-state index contributed by atoms with van der Waals surface area (Å²) < 4.78 is 37.5. The van der Waals surface area contributed by atoms with E-state index in [-0.39, 0.29) is 6.03 Å². The fraction of sp³-hybridized carbons (Fsp3) is 0.533. The standard InChI is InChI=1S/C15H18F3N3O/c16-15(17,18)11-1-3-12(4-2-11)20-14(22)21-8-6-13-10(9-21)5-7-19-13/h1-4,10,13,19H,5-9H2,(H,20,22). The molecular weight excluding hydrogens is 295 g/mol. The van der Waals surface area contributed by atoms with Crippen LogP contribution in [-0.4, -0.2) is 36.6 Å². The highest BCUT2D eigenvalue weighted by atomic mass is 19.4. The lowest BCUT2D eigenvalue weighted by atomic mass is 9.94. The molecule has 2 aliphatic heterocycles. The number of likely N-dealkylation sites (tertiary alicyclic amines) is 1. The molecule has 2 atom stereocenters. The van der Waals surface area contributed by atoms with Gasteiger partial charge < -0.3 is 15.5 Å². The Morgan fingerprint density at radius 3 is 2.64 bits per heavy atom. The number of hydrogen-bond acceptors (Lipinski definition) is 2. The lowest BCUT2D eigenvalue weighted by Gasteiger charge is -2.34. The summed E-state index contributed by atoms with van der Waals surface area (Å²) in [4.78, 5) is 14.0. The molecule has 2 amide bonds. The molecule has 7 heteroatoms. The molecule has 0 saturated carbocycles. The monoisotopic (exact) mass is 313 g/mol. The van der Waals surface area contributed by atoms with Gasteiger partial charge in [0.1, 0.15) is 0 Å². The minimum absolute atomic E-state index is 0.245. The Morgan fingerprint density at radius 2 is 1.95 bits per heavy atom. The fourth-order valence-corrected chi connectivity index (χ4v) is 3.18. The topological polar surface area (TPSA) is 44.4 Å². The van der Waals surface area contributed by atoms with Crippen LogP contribution < -0.4 is 10.6 Å². The number of urea groups is 1. The summed E-state index contributed by atoms with van der Waals surface area (Å²) in [5.74, 6) is 0.479. The maximum absolute atomic E-state index is 12.5. The molecule has 0 radical (unpaired) electrons. The zero-order chi connectivity index (χ0) is 15.7. The van der Waals surface area contributed by atoms with Crippen molar-refractivity contribution in [1.29, 1.82) is 0 Å². The highest BCUT2D eigenvalue weighted by Crippen LogP contribution is 2.30. The molecular formula is C15H18F3N3O. The Kier molecular flexibility index (Phi) is 3.99. The fourth-order valence-electron chi connectivity index (χ4n) is 3.18. The minimum atomic E-state index is -4.36. The van der Waals surface area contributed by atoms with E-state index >= 15 is 0 Å². The van der Waals surface area contributed by atoms with Crippen LogP contribution in [0.1, 0.15) is 18.4 Å². The first-order chi connectivity index (χ1) is 10.4. The predicted molar refractivity (Wildman–Crippen MR) is 76.6 cm³/mol. The van der Waals surface area contributed by atoms with Crippen molar-refractivity contribution in [1.82, 2.24) is 10.2 Å². The third kappa shape index (κ3) is 3.19. The second-order valence-electron chi connectivity index (χ2n) is 5.85. The molecule has 2 heterocycles. The Morgan fingerprint density at radius 1 is 1.23 bits per heavy atom. The van der Waals surface area contributed by atoms with Gasteiger partial charge in [-0.1, -0.05) is 0 Å². The van der Waals surface area contributed by atoms with Crippen LogP contribution in [0.15, 0.2) is 24.3 Å². The van der Waals surface area contributed by atoms with Crippen molar-refractivity contribution in [2.24, 2.45) is 5.92 Å². The maximum atomic E-state index is 12.5. The van der Waals surface area contributed by atoms with Gasteiger partial charge in [-0.3, -0.25) is 0 Å². The van der Waals surface area contributed by atoms with Crippen molar-refractivity contribution in [3.8, 4) is 0 Å². The third-order valence-electron chi connectivity index (χ3n) is 4.41. The number of fused-ring (bicyclic) bond motifs is 1. The van der Waals surface area contributed by atoms with Crippen LogP contribution in [0.2, 0.25) is 0 Å². The first-order valence-electron chi connectivity index (χ1n) is 7.40. The second-order valence-corrected chi connectivity index (χ2v) is 5.85. The number of piperidine rings is 1. The highest BCUT2D eigenvalue weighted by molar-refractivity contribution is 5.89. The highest BCUT2D eigenvalue weighted by Gasteiger charge is 2.34. The number of benzene rings is 1. The van der Waals surface area contributed by atoms with E-state index in [1.165, 1.54) is 12.1 Å². The van der Waals surface area contributed by atoms with E-state index < -0.39 is 11.7 Å². The molecule has 2 aliphatic rings. The summed E-state index contributed by atoms with van der Waals surface area (Å²) >= 11 is 0. The molecule has 2 unspecified atom stereocenters. The van der Waals surface area contributed by atoms with E-state index in [4.69, 9.17) is 0 Å². The number of anilines is 1. The van der Waals surface area contributed by atoms with E-state index in [1.54, 1.807) is 4.90 Å². The van der Waals surface area contributed by atoms with Gasteiger partial charge in [-0.05, 0) is 49.6 Å². The zero-order valence-corrected chi connectivity index (χ0v) is 12.0. The number of amides is 2. The smallest absolute Gasteiger partial charge is 0.324 e. The average Bonchev–Trinajstić information content (AvgIpc) is 2.94. The van der Waals surface area contributed by atoms with Crippen LogP contribution >= 0.6 is 0 Å². The quantitative estimate of drug-likeness (QED) is 0.837. The Bertz CT molecular complexity index is 544. The number of alkyl halides is 3. The van der Waals surface area contributed by atoms with E-state index in [2.05, 4.69) is 10.6 Å². The molecule has 4 nitrogen and oxygen atoms in total. The zero-order valence-electron chi connectivity index (χ0n) is 12.0. The van der Waals surface area contributed by atoms with Crippen LogP contribution in [0, 0.1) is 5.92 Å². The van der Waals surface area contributed by atoms with Gasteiger partial charge in [0.15, 0.2) is 0 Å². The number of rotatable bonds is 1. The number of halogens is 3. The van der Waals surface area contributed by atoms with Crippen molar-refractivity contribution in [3.63, 3.8) is 0 Å². The molecule has 2 N–H and O–H groups in total. The van der Waals surface area contributed by atoms with Gasteiger partial charge in [-0.2, -0.15) is 13.2 Å². The normalized spacial score (nSPS) is 25.0. The van der Waals surface area contributed by atoms with Crippen molar-refractivity contribution in [2.45, 2.75) is 25.1 Å². The molecule has 1 aromatic rings. The summed E-state index contributed by atoms with van der Waals surface area (Å²) in [6.07, 6.45) is -2.38. The molecule has 0 aliphatic carbocycles. The first kappa shape index (κ1) is 15.1. The SMILES string of the molecule is O=C(Nc1ccc(C(F)(F)F)cc1)N1CCC2NCCC2C1. The van der Waals surface area contributed by atoms with Gasteiger partial charge in [0.25, 0.3) is 0 Å². The van der Waals surface area contributed by atoms with Gasteiger partial charge in [0, 0.05) is 24.8 Å². The van der Waals surface area contributed by atoms with Crippen molar-refractivity contribution >= 4 is 11.7 Å². The maximum Gasteiger partial charge on any atom is 0.416 e. The van der Waals surface area contributed by atoms with Gasteiger partial charge in [0.2, 0.25) is 0 Å². The van der Waals surface area contributed by atoms with E-state index in [9.17, 15) is 18.0 Å². The summed E-state index contributed by atoms with van der Waals surface area (Å²) in [5, 5.41) is 6.09. The van der Waals surface area contributed by atoms with Gasteiger partial charge in [-0.25, -0.2) is 4.79 Å². The lowest BCUT2D eigenvalue weighted by Crippen LogP contribution is -2.48. The van der Waals surface area contributed by atoms with Crippen LogP contribution in [0.3, 0.4) is 0 Å². The Labute approximate surface area is 126 Å². The van der Waals surface area contributed by atoms with Crippen molar-refractivity contribution in [2.75, 3.05) is 25.0 Å². The lowest BCUT2D eigenvalue weighted by molar-refractivity contribution is -0.137. The largest absolute Gasteiger partial charge is 0.416 e. The number of nitrogens with zero attached hydrogens (tertiary/aromatic N) is 1. The molecule has 0 aromatic heterocycles. The van der Waals surface area contributed by atoms with Crippen molar-refractivity contribution < 1.29 is 18.0 Å². The van der Waals surface area contributed by atoms with Crippen LogP contribution in [0.5, 0.6) is 0 Å². The summed E-state index contributed by atoms with van der Waals surface area (Å²) in [5.41, 5.74) is -0.340.